The highest BCUT2D eigenvalue weighted by molar-refractivity contribution is 9.11. The van der Waals surface area contributed by atoms with Gasteiger partial charge in [0.15, 0.2) is 6.73 Å². The number of aryl methyl sites for hydroxylation is 2. The number of nitrogens with zero attached hydrogens (tertiary/aromatic N) is 1. The molecule has 0 bridgehead atoms. The zero-order valence-electron chi connectivity index (χ0n) is 17.7. The molecule has 5 rings (SSSR count). The van der Waals surface area contributed by atoms with Crippen LogP contribution in [-0.2, 0) is 13.0 Å². The van der Waals surface area contributed by atoms with Crippen LogP contribution in [0, 0.1) is 13.8 Å². The van der Waals surface area contributed by atoms with Crippen molar-refractivity contribution in [2.24, 2.45) is 0 Å². The van der Waals surface area contributed by atoms with Crippen molar-refractivity contribution in [3.63, 3.8) is 0 Å². The lowest BCUT2D eigenvalue weighted by atomic mass is 9.96. The summed E-state index contributed by atoms with van der Waals surface area (Å²) in [6, 6.07) is 18.2. The number of halogens is 2. The number of hydrogen-bond donors (Lipinski definition) is 0. The Labute approximate surface area is 203 Å². The molecule has 162 valence electrons. The highest BCUT2D eigenvalue weighted by atomic mass is 79.9. The van der Waals surface area contributed by atoms with Gasteiger partial charge >= 0.3 is 5.63 Å². The molecule has 1 aromatic heterocycles. The molecule has 3 aromatic carbocycles. The van der Waals surface area contributed by atoms with E-state index in [0.29, 0.717) is 30.8 Å². The average molecular weight is 555 g/mol. The molecule has 1 aliphatic rings. The van der Waals surface area contributed by atoms with Gasteiger partial charge in [-0.15, -0.1) is 0 Å². The van der Waals surface area contributed by atoms with E-state index in [1.54, 1.807) is 0 Å². The Morgan fingerprint density at radius 1 is 1.00 bits per heavy atom. The van der Waals surface area contributed by atoms with Crippen LogP contribution in [0.3, 0.4) is 0 Å². The standard InChI is InChI=1S/C26H21Br2NO3/c1-15-20-11-18-13-29(23-9-8-19(27)12-22(23)28)14-31-24(18)16(2)25(20)32-26(30)21(15)10-17-6-4-3-5-7-17/h3-9,11-12H,10,13-14H2,1-2H3. The van der Waals surface area contributed by atoms with E-state index in [9.17, 15) is 4.79 Å². The molecule has 1 aliphatic heterocycles. The third kappa shape index (κ3) is 3.76. The average Bonchev–Trinajstić information content (AvgIpc) is 2.78. The second-order valence-corrected chi connectivity index (χ2v) is 9.86. The van der Waals surface area contributed by atoms with E-state index in [4.69, 9.17) is 9.15 Å². The summed E-state index contributed by atoms with van der Waals surface area (Å²) in [6.07, 6.45) is 0.551. The molecule has 0 radical (unpaired) electrons. The Balaban J connectivity index is 1.59. The van der Waals surface area contributed by atoms with E-state index in [1.807, 2.05) is 56.3 Å². The highest BCUT2D eigenvalue weighted by Crippen LogP contribution is 2.39. The minimum absolute atomic E-state index is 0.280. The normalized spacial score (nSPS) is 13.2. The number of ether oxygens (including phenoxy) is 1. The second kappa shape index (κ2) is 8.41. The van der Waals surface area contributed by atoms with Gasteiger partial charge in [0.05, 0.1) is 5.69 Å². The number of anilines is 1. The van der Waals surface area contributed by atoms with E-state index in [-0.39, 0.29) is 5.63 Å². The first kappa shape index (κ1) is 21.3. The SMILES string of the molecule is Cc1c(Cc2ccccc2)c(=O)oc2c(C)c3c(cc12)CN(c1ccc(Br)cc1Br)CO3. The fourth-order valence-electron chi connectivity index (χ4n) is 4.34. The fraction of sp³-hybridized carbons (Fsp3) is 0.192. The summed E-state index contributed by atoms with van der Waals surface area (Å²) in [5.41, 5.74) is 6.11. The van der Waals surface area contributed by atoms with Crippen LogP contribution in [0.5, 0.6) is 5.75 Å². The number of fused-ring (bicyclic) bond motifs is 2. The van der Waals surface area contributed by atoms with Crippen molar-refractivity contribution < 1.29 is 9.15 Å². The lowest BCUT2D eigenvalue weighted by Gasteiger charge is -2.32. The van der Waals surface area contributed by atoms with Crippen LogP contribution in [0.2, 0.25) is 0 Å². The summed E-state index contributed by atoms with van der Waals surface area (Å²) in [7, 11) is 0. The smallest absolute Gasteiger partial charge is 0.340 e. The fourth-order valence-corrected chi connectivity index (χ4v) is 5.64. The molecule has 2 heterocycles. The summed E-state index contributed by atoms with van der Waals surface area (Å²) in [6.45, 7) is 5.11. The van der Waals surface area contributed by atoms with E-state index in [2.05, 4.69) is 48.9 Å². The quantitative estimate of drug-likeness (QED) is 0.259. The Morgan fingerprint density at radius 2 is 1.78 bits per heavy atom. The Morgan fingerprint density at radius 3 is 2.53 bits per heavy atom. The van der Waals surface area contributed by atoms with Gasteiger partial charge in [-0.2, -0.15) is 0 Å². The van der Waals surface area contributed by atoms with Crippen molar-refractivity contribution in [3.05, 3.63) is 102 Å². The molecule has 0 spiro atoms. The zero-order chi connectivity index (χ0) is 22.4. The van der Waals surface area contributed by atoms with E-state index < -0.39 is 0 Å². The number of hydrogen-bond acceptors (Lipinski definition) is 4. The first-order valence-electron chi connectivity index (χ1n) is 10.4. The molecule has 0 unspecified atom stereocenters. The van der Waals surface area contributed by atoms with Gasteiger partial charge in [-0.05, 0) is 65.2 Å². The van der Waals surface area contributed by atoms with E-state index in [0.717, 1.165) is 48.0 Å². The van der Waals surface area contributed by atoms with Crippen molar-refractivity contribution in [2.75, 3.05) is 11.6 Å². The maximum atomic E-state index is 12.9. The minimum atomic E-state index is -0.280. The first-order chi connectivity index (χ1) is 15.4. The lowest BCUT2D eigenvalue weighted by molar-refractivity contribution is 0.287. The van der Waals surface area contributed by atoms with Crippen molar-refractivity contribution in [3.8, 4) is 5.75 Å². The number of benzene rings is 3. The number of rotatable bonds is 3. The van der Waals surface area contributed by atoms with Crippen molar-refractivity contribution >= 4 is 48.5 Å². The Bertz CT molecular complexity index is 1400. The van der Waals surface area contributed by atoms with Crippen LogP contribution in [0.1, 0.15) is 27.8 Å². The Hall–Kier alpha value is -2.57. The lowest BCUT2D eigenvalue weighted by Crippen LogP contribution is -2.32. The molecular weight excluding hydrogens is 534 g/mol. The summed E-state index contributed by atoms with van der Waals surface area (Å²) >= 11 is 7.17. The van der Waals surface area contributed by atoms with Crippen molar-refractivity contribution in [2.45, 2.75) is 26.8 Å². The van der Waals surface area contributed by atoms with Crippen LogP contribution < -0.4 is 15.3 Å². The summed E-state index contributed by atoms with van der Waals surface area (Å²) < 4.78 is 14.0. The summed E-state index contributed by atoms with van der Waals surface area (Å²) in [5, 5.41) is 0.965. The predicted octanol–water partition coefficient (Wildman–Crippen LogP) is 6.88. The summed E-state index contributed by atoms with van der Waals surface area (Å²) in [5.74, 6) is 0.806. The van der Waals surface area contributed by atoms with Gasteiger partial charge in [0.1, 0.15) is 11.3 Å². The van der Waals surface area contributed by atoms with Gasteiger partial charge in [0.2, 0.25) is 0 Å². The molecule has 0 atom stereocenters. The van der Waals surface area contributed by atoms with Gasteiger partial charge < -0.3 is 14.1 Å². The highest BCUT2D eigenvalue weighted by Gasteiger charge is 2.25. The molecule has 0 aliphatic carbocycles. The van der Waals surface area contributed by atoms with Gasteiger partial charge in [-0.25, -0.2) is 4.79 Å². The maximum absolute atomic E-state index is 12.9. The molecule has 6 heteroatoms. The first-order valence-corrected chi connectivity index (χ1v) is 12.0. The van der Waals surface area contributed by atoms with Gasteiger partial charge in [-0.1, -0.05) is 46.3 Å². The molecular formula is C26H21Br2NO3. The molecule has 4 aromatic rings. The van der Waals surface area contributed by atoms with Crippen molar-refractivity contribution in [1.82, 2.24) is 0 Å². The largest absolute Gasteiger partial charge is 0.472 e. The predicted molar refractivity (Wildman–Crippen MR) is 135 cm³/mol. The van der Waals surface area contributed by atoms with Crippen LogP contribution in [0.25, 0.3) is 11.0 Å². The molecule has 0 saturated heterocycles. The molecule has 32 heavy (non-hydrogen) atoms. The maximum Gasteiger partial charge on any atom is 0.340 e. The molecule has 0 fully saturated rings. The molecule has 0 saturated carbocycles. The van der Waals surface area contributed by atoms with Gasteiger partial charge in [0.25, 0.3) is 0 Å². The van der Waals surface area contributed by atoms with Crippen LogP contribution >= 0.6 is 31.9 Å². The van der Waals surface area contributed by atoms with Gasteiger partial charge in [0, 0.05) is 44.0 Å². The molecule has 4 nitrogen and oxygen atoms in total. The minimum Gasteiger partial charge on any atom is -0.472 e. The third-order valence-corrected chi connectivity index (χ3v) is 7.16. The molecule has 0 N–H and O–H groups in total. The van der Waals surface area contributed by atoms with Gasteiger partial charge in [-0.3, -0.25) is 0 Å². The second-order valence-electron chi connectivity index (χ2n) is 8.09. The third-order valence-electron chi connectivity index (χ3n) is 6.03. The monoisotopic (exact) mass is 553 g/mol. The molecule has 0 amide bonds. The van der Waals surface area contributed by atoms with Crippen LogP contribution in [-0.4, -0.2) is 6.73 Å². The Kier molecular flexibility index (Phi) is 5.59. The van der Waals surface area contributed by atoms with Crippen molar-refractivity contribution in [1.29, 1.82) is 0 Å². The van der Waals surface area contributed by atoms with Crippen LogP contribution in [0.15, 0.2) is 72.8 Å². The van der Waals surface area contributed by atoms with E-state index in [1.165, 1.54) is 0 Å². The van der Waals surface area contributed by atoms with Crippen LogP contribution in [0.4, 0.5) is 5.69 Å². The van der Waals surface area contributed by atoms with E-state index >= 15 is 0 Å². The summed E-state index contributed by atoms with van der Waals surface area (Å²) in [4.78, 5) is 15.0. The topological polar surface area (TPSA) is 42.7 Å². The zero-order valence-corrected chi connectivity index (χ0v) is 20.9.